The summed E-state index contributed by atoms with van der Waals surface area (Å²) in [5.74, 6) is 1.88. The second-order valence-corrected chi connectivity index (χ2v) is 4.65. The molecule has 1 aliphatic rings. The minimum absolute atomic E-state index is 0.871. The Kier molecular flexibility index (Phi) is 7.02. The predicted octanol–water partition coefficient (Wildman–Crippen LogP) is 2.53. The Morgan fingerprint density at radius 2 is 1.94 bits per heavy atom. The molecule has 0 aromatic carbocycles. The van der Waals surface area contributed by atoms with Crippen LogP contribution in [0.4, 0.5) is 0 Å². The van der Waals surface area contributed by atoms with Crippen molar-refractivity contribution in [3.05, 3.63) is 0 Å². The number of aliphatic imine (C=N–C) groups is 1. The number of hydrogen-bond acceptors (Lipinski definition) is 1. The van der Waals surface area contributed by atoms with Gasteiger partial charge in [-0.2, -0.15) is 0 Å². The molecular formula is C13H27N3. The lowest BCUT2D eigenvalue weighted by atomic mass is 10.2. The third kappa shape index (κ3) is 6.70. The molecule has 0 aliphatic heterocycles. The van der Waals surface area contributed by atoms with Crippen LogP contribution in [0.1, 0.15) is 52.4 Å². The van der Waals surface area contributed by atoms with Crippen molar-refractivity contribution in [2.24, 2.45) is 10.9 Å². The zero-order valence-electron chi connectivity index (χ0n) is 10.9. The van der Waals surface area contributed by atoms with Crippen LogP contribution >= 0.6 is 0 Å². The van der Waals surface area contributed by atoms with Gasteiger partial charge in [-0.1, -0.05) is 26.2 Å². The number of unbranched alkanes of at least 4 members (excludes halogenated alkanes) is 3. The van der Waals surface area contributed by atoms with E-state index in [9.17, 15) is 0 Å². The minimum atomic E-state index is 0.871. The Bertz CT molecular complexity index is 197. The maximum Gasteiger partial charge on any atom is 0.191 e. The highest BCUT2D eigenvalue weighted by Crippen LogP contribution is 2.28. The summed E-state index contributed by atoms with van der Waals surface area (Å²) in [6.45, 7) is 7.37. The van der Waals surface area contributed by atoms with Crippen molar-refractivity contribution in [1.82, 2.24) is 10.6 Å². The van der Waals surface area contributed by atoms with Gasteiger partial charge in [0, 0.05) is 19.6 Å². The van der Waals surface area contributed by atoms with Gasteiger partial charge >= 0.3 is 0 Å². The highest BCUT2D eigenvalue weighted by molar-refractivity contribution is 5.79. The van der Waals surface area contributed by atoms with E-state index in [4.69, 9.17) is 0 Å². The van der Waals surface area contributed by atoms with Gasteiger partial charge in [0.05, 0.1) is 0 Å². The average Bonchev–Trinajstić information content (AvgIpc) is 3.09. The molecule has 2 N–H and O–H groups in total. The lowest BCUT2D eigenvalue weighted by molar-refractivity contribution is 0.646. The Morgan fingerprint density at radius 1 is 1.12 bits per heavy atom. The summed E-state index contributed by atoms with van der Waals surface area (Å²) in [7, 11) is 0. The summed E-state index contributed by atoms with van der Waals surface area (Å²) in [4.78, 5) is 4.59. The Labute approximate surface area is 100 Å². The van der Waals surface area contributed by atoms with Crippen LogP contribution < -0.4 is 10.6 Å². The summed E-state index contributed by atoms with van der Waals surface area (Å²) in [6.07, 6.45) is 7.97. The number of nitrogens with zero attached hydrogens (tertiary/aromatic N) is 1. The molecule has 3 heteroatoms. The molecule has 94 valence electrons. The summed E-state index contributed by atoms with van der Waals surface area (Å²) >= 11 is 0. The van der Waals surface area contributed by atoms with E-state index in [-0.39, 0.29) is 0 Å². The standard InChI is InChI=1S/C13H27N3/c1-3-5-6-7-10-15-13(14-4-2)16-11-12-8-9-12/h12H,3-11H2,1-2H3,(H2,14,15,16). The smallest absolute Gasteiger partial charge is 0.191 e. The number of guanidine groups is 1. The fourth-order valence-electron chi connectivity index (χ4n) is 1.62. The normalized spacial score (nSPS) is 16.2. The molecule has 0 heterocycles. The molecule has 1 aliphatic carbocycles. The molecular weight excluding hydrogens is 198 g/mol. The fourth-order valence-corrected chi connectivity index (χ4v) is 1.62. The third-order valence-corrected chi connectivity index (χ3v) is 2.87. The molecule has 1 rings (SSSR count). The summed E-state index contributed by atoms with van der Waals surface area (Å²) in [5.41, 5.74) is 0. The zero-order chi connectivity index (χ0) is 11.6. The molecule has 0 bridgehead atoms. The number of rotatable bonds is 8. The first-order chi connectivity index (χ1) is 7.86. The topological polar surface area (TPSA) is 36.4 Å². The average molecular weight is 225 g/mol. The number of nitrogens with one attached hydrogen (secondary N) is 2. The van der Waals surface area contributed by atoms with Crippen molar-refractivity contribution in [2.45, 2.75) is 52.4 Å². The van der Waals surface area contributed by atoms with Crippen molar-refractivity contribution < 1.29 is 0 Å². The van der Waals surface area contributed by atoms with Gasteiger partial charge in [-0.15, -0.1) is 0 Å². The van der Waals surface area contributed by atoms with Gasteiger partial charge in [0.1, 0.15) is 0 Å². The molecule has 1 saturated carbocycles. The van der Waals surface area contributed by atoms with E-state index in [0.29, 0.717) is 0 Å². The first kappa shape index (κ1) is 13.3. The molecule has 0 spiro atoms. The van der Waals surface area contributed by atoms with E-state index in [1.807, 2.05) is 0 Å². The van der Waals surface area contributed by atoms with Gasteiger partial charge in [0.2, 0.25) is 0 Å². The summed E-state index contributed by atoms with van der Waals surface area (Å²) < 4.78 is 0. The van der Waals surface area contributed by atoms with E-state index >= 15 is 0 Å². The molecule has 16 heavy (non-hydrogen) atoms. The van der Waals surface area contributed by atoms with Gasteiger partial charge in [-0.25, -0.2) is 0 Å². The van der Waals surface area contributed by atoms with Gasteiger partial charge in [-0.3, -0.25) is 4.99 Å². The molecule has 0 radical (unpaired) electrons. The van der Waals surface area contributed by atoms with Crippen LogP contribution in [-0.2, 0) is 0 Å². The van der Waals surface area contributed by atoms with Crippen LogP contribution in [-0.4, -0.2) is 25.6 Å². The monoisotopic (exact) mass is 225 g/mol. The van der Waals surface area contributed by atoms with Gasteiger partial charge in [0.25, 0.3) is 0 Å². The zero-order valence-corrected chi connectivity index (χ0v) is 10.9. The Morgan fingerprint density at radius 3 is 2.56 bits per heavy atom. The Hall–Kier alpha value is -0.730. The SMILES string of the molecule is CCCCCCNC(=NCC1CC1)NCC. The molecule has 0 amide bonds. The van der Waals surface area contributed by atoms with Crippen molar-refractivity contribution in [2.75, 3.05) is 19.6 Å². The maximum absolute atomic E-state index is 4.59. The van der Waals surface area contributed by atoms with Crippen LogP contribution in [0.25, 0.3) is 0 Å². The third-order valence-electron chi connectivity index (χ3n) is 2.87. The fraction of sp³-hybridized carbons (Fsp3) is 0.923. The van der Waals surface area contributed by atoms with Gasteiger partial charge in [-0.05, 0) is 32.1 Å². The van der Waals surface area contributed by atoms with E-state index in [2.05, 4.69) is 29.5 Å². The van der Waals surface area contributed by atoms with Crippen LogP contribution in [0, 0.1) is 5.92 Å². The van der Waals surface area contributed by atoms with Crippen LogP contribution in [0.15, 0.2) is 4.99 Å². The molecule has 0 atom stereocenters. The van der Waals surface area contributed by atoms with E-state index in [1.54, 1.807) is 0 Å². The highest BCUT2D eigenvalue weighted by atomic mass is 15.2. The summed E-state index contributed by atoms with van der Waals surface area (Å²) in [6, 6.07) is 0. The quantitative estimate of drug-likeness (QED) is 0.378. The first-order valence-electron chi connectivity index (χ1n) is 6.89. The molecule has 0 saturated heterocycles. The number of hydrogen-bond donors (Lipinski definition) is 2. The molecule has 0 aromatic rings. The second kappa shape index (κ2) is 8.43. The van der Waals surface area contributed by atoms with Crippen molar-refractivity contribution in [3.63, 3.8) is 0 Å². The molecule has 1 fully saturated rings. The molecule has 0 aromatic heterocycles. The van der Waals surface area contributed by atoms with E-state index in [1.165, 1.54) is 38.5 Å². The second-order valence-electron chi connectivity index (χ2n) is 4.65. The predicted molar refractivity (Wildman–Crippen MR) is 70.8 cm³/mol. The maximum atomic E-state index is 4.59. The first-order valence-corrected chi connectivity index (χ1v) is 6.89. The van der Waals surface area contributed by atoms with Crippen LogP contribution in [0.3, 0.4) is 0 Å². The van der Waals surface area contributed by atoms with Crippen molar-refractivity contribution in [1.29, 1.82) is 0 Å². The van der Waals surface area contributed by atoms with E-state index < -0.39 is 0 Å². The highest BCUT2D eigenvalue weighted by Gasteiger charge is 2.20. The molecule has 0 unspecified atom stereocenters. The van der Waals surface area contributed by atoms with Crippen LogP contribution in [0.2, 0.25) is 0 Å². The summed E-state index contributed by atoms with van der Waals surface area (Å²) in [5, 5.41) is 6.70. The van der Waals surface area contributed by atoms with Crippen LogP contribution in [0.5, 0.6) is 0 Å². The lowest BCUT2D eigenvalue weighted by Gasteiger charge is -2.10. The lowest BCUT2D eigenvalue weighted by Crippen LogP contribution is -2.37. The van der Waals surface area contributed by atoms with E-state index in [0.717, 1.165) is 31.5 Å². The van der Waals surface area contributed by atoms with Crippen molar-refractivity contribution in [3.8, 4) is 0 Å². The van der Waals surface area contributed by atoms with Crippen molar-refractivity contribution >= 4 is 5.96 Å². The molecule has 3 nitrogen and oxygen atoms in total. The van der Waals surface area contributed by atoms with Gasteiger partial charge in [0.15, 0.2) is 5.96 Å². The van der Waals surface area contributed by atoms with Gasteiger partial charge < -0.3 is 10.6 Å². The largest absolute Gasteiger partial charge is 0.357 e. The Balaban J connectivity index is 2.08. The minimum Gasteiger partial charge on any atom is -0.357 e.